The van der Waals surface area contributed by atoms with Crippen LogP contribution in [0, 0.1) is 0 Å². The number of nitrogens with zero attached hydrogens (tertiary/aromatic N) is 7. The first kappa shape index (κ1) is 51.3. The van der Waals surface area contributed by atoms with Gasteiger partial charge in [-0.05, 0) is 42.5 Å². The SMILES string of the molecule is CC(C)(C)c1cc(NC(=O)NCc2ccccc2Oc2ccc3c(c2)sc2ncc(CN4CCOCC4)n23)n([C@@]2(O)[C@@H](C(=O)O)O[C@@H](Oc3ccccc3)[C@@](O)(Cl)[C@H]2O)n1.O=C(O)c1cnc2sc3ccccc3n12. The second-order valence-electron chi connectivity index (χ2n) is 18.7. The standard InChI is InChI=1S/C41H44ClN7O10S.C10H6N2O2S/c1-39(2,3)31-20-32(49(46-31)41(55)33(34(50)51)59-36(40(42,54)35(41)52)58-26-10-5-4-6-11-26)45-37(53)43-21-24-9-7-8-12-29(24)57-27-13-14-28-30(19-27)60-38-44-22-25(48(28)38)23-47-15-17-56-18-16-47;13-9(14)7-5-11-10-12(7)6-3-1-2-4-8(6)15-10/h4-14,19-20,22,33,35-36,52,54-55H,15-18,21,23H2,1-3H3,(H,50,51)(H2,43,45,53);1-5H,(H,13,14)/t33-,35-,36-,40-,41-;/m1./s1. The Hall–Kier alpha value is -7.19. The van der Waals surface area contributed by atoms with Crippen LogP contribution in [0.15, 0.2) is 116 Å². The molecule has 5 aromatic heterocycles. The zero-order valence-electron chi connectivity index (χ0n) is 40.4. The lowest BCUT2D eigenvalue weighted by Gasteiger charge is -2.49. The number of para-hydroxylation sites is 3. The van der Waals surface area contributed by atoms with Crippen molar-refractivity contribution in [1.29, 1.82) is 0 Å². The number of carbonyl (C=O) groups is 3. The Balaban J connectivity index is 0.000000363. The molecule has 24 heteroatoms. The van der Waals surface area contributed by atoms with Crippen molar-refractivity contribution in [3.8, 4) is 17.2 Å². The molecule has 0 aliphatic carbocycles. The normalized spacial score (nSPS) is 21.2. The minimum absolute atomic E-state index is 0.0179. The van der Waals surface area contributed by atoms with Gasteiger partial charge in [0.15, 0.2) is 21.7 Å². The number of carboxylic acid groups (broad SMARTS) is 2. The van der Waals surface area contributed by atoms with Gasteiger partial charge in [-0.1, -0.05) is 104 Å². The number of hydrogen-bond acceptors (Lipinski definition) is 16. The summed E-state index contributed by atoms with van der Waals surface area (Å²) in [5.74, 6) is -1.73. The number of imidazole rings is 2. The lowest BCUT2D eigenvalue weighted by Crippen LogP contribution is -2.73. The Kier molecular flexibility index (Phi) is 14.0. The molecule has 390 valence electrons. The summed E-state index contributed by atoms with van der Waals surface area (Å²) < 4.78 is 29.6. The number of ether oxygens (including phenoxy) is 4. The van der Waals surface area contributed by atoms with Crippen molar-refractivity contribution >= 4 is 88.4 Å². The van der Waals surface area contributed by atoms with Crippen LogP contribution in [0.2, 0.25) is 0 Å². The van der Waals surface area contributed by atoms with Gasteiger partial charge in [-0.15, -0.1) is 0 Å². The number of hydrogen-bond donors (Lipinski definition) is 7. The topological polar surface area (TPSA) is 269 Å². The van der Waals surface area contributed by atoms with Gasteiger partial charge in [0.05, 0.1) is 57.4 Å². The number of urea groups is 1. The van der Waals surface area contributed by atoms with Gasteiger partial charge in [-0.2, -0.15) is 5.10 Å². The summed E-state index contributed by atoms with van der Waals surface area (Å²) in [4.78, 5) is 49.9. The molecule has 0 spiro atoms. The third-order valence-corrected chi connectivity index (χ3v) is 15.0. The zero-order chi connectivity index (χ0) is 52.8. The highest BCUT2D eigenvalue weighted by Crippen LogP contribution is 2.45. The number of alkyl halides is 1. The molecule has 0 unspecified atom stereocenters. The molecule has 0 radical (unpaired) electrons. The van der Waals surface area contributed by atoms with Crippen molar-refractivity contribution in [1.82, 2.24) is 38.8 Å². The second-order valence-corrected chi connectivity index (χ2v) is 21.4. The summed E-state index contributed by atoms with van der Waals surface area (Å²) >= 11 is 9.46. The molecular weight excluding hydrogens is 1030 g/mol. The molecule has 9 aromatic rings. The Bertz CT molecular complexity index is 3570. The predicted octanol–water partition coefficient (Wildman–Crippen LogP) is 7.06. The van der Waals surface area contributed by atoms with Crippen LogP contribution in [0.1, 0.15) is 48.2 Å². The molecular formula is C51H50ClN9O12S2. The maximum Gasteiger partial charge on any atom is 0.354 e. The molecule has 11 rings (SSSR count). The number of aliphatic hydroxyl groups excluding tert-OH is 1. The van der Waals surface area contributed by atoms with Gasteiger partial charge >= 0.3 is 18.0 Å². The van der Waals surface area contributed by atoms with E-state index in [0.29, 0.717) is 39.9 Å². The van der Waals surface area contributed by atoms with E-state index in [9.17, 15) is 34.8 Å². The van der Waals surface area contributed by atoms with Crippen LogP contribution >= 0.6 is 34.3 Å². The van der Waals surface area contributed by atoms with Gasteiger partial charge in [0.25, 0.3) is 0 Å². The van der Waals surface area contributed by atoms with Gasteiger partial charge in [-0.3, -0.25) is 19.0 Å². The van der Waals surface area contributed by atoms with E-state index in [0.717, 1.165) is 50.7 Å². The number of thiazole rings is 2. The average molecular weight is 1080 g/mol. The number of aromatic nitrogens is 6. The molecule has 7 N–H and O–H groups in total. The Morgan fingerprint density at radius 2 is 1.52 bits per heavy atom. The lowest BCUT2D eigenvalue weighted by molar-refractivity contribution is -0.345. The number of aromatic carboxylic acids is 1. The van der Waals surface area contributed by atoms with E-state index in [-0.39, 0.29) is 29.5 Å². The Morgan fingerprint density at radius 1 is 0.840 bits per heavy atom. The van der Waals surface area contributed by atoms with Crippen LogP contribution in [-0.4, -0.2) is 127 Å². The Morgan fingerprint density at radius 3 is 2.27 bits per heavy atom. The van der Waals surface area contributed by atoms with Crippen molar-refractivity contribution in [3.05, 3.63) is 138 Å². The molecule has 0 saturated carbocycles. The highest BCUT2D eigenvalue weighted by atomic mass is 35.5. The molecule has 2 amide bonds. The smallest absolute Gasteiger partial charge is 0.354 e. The summed E-state index contributed by atoms with van der Waals surface area (Å²) in [5.41, 5.74) is 0.348. The largest absolute Gasteiger partial charge is 0.479 e. The minimum atomic E-state index is -3.08. The Labute approximate surface area is 439 Å². The summed E-state index contributed by atoms with van der Waals surface area (Å²) in [7, 11) is 0. The number of fused-ring (bicyclic) bond motifs is 6. The lowest BCUT2D eigenvalue weighted by atomic mass is 9.91. The van der Waals surface area contributed by atoms with Crippen LogP contribution in [0.4, 0.5) is 10.6 Å². The monoisotopic (exact) mass is 1080 g/mol. The zero-order valence-corrected chi connectivity index (χ0v) is 42.8. The van der Waals surface area contributed by atoms with Crippen LogP contribution in [0.5, 0.6) is 17.2 Å². The van der Waals surface area contributed by atoms with E-state index >= 15 is 0 Å². The molecule has 21 nitrogen and oxygen atoms in total. The first-order valence-corrected chi connectivity index (χ1v) is 25.5. The van der Waals surface area contributed by atoms with Gasteiger partial charge in [0, 0.05) is 49.3 Å². The van der Waals surface area contributed by atoms with Crippen molar-refractivity contribution < 1.29 is 58.9 Å². The van der Waals surface area contributed by atoms with E-state index in [1.165, 1.54) is 35.7 Å². The number of amides is 2. The predicted molar refractivity (Wildman–Crippen MR) is 278 cm³/mol. The molecule has 0 bridgehead atoms. The average Bonchev–Trinajstić information content (AvgIpc) is 4.25. The number of aliphatic hydroxyl groups is 3. The van der Waals surface area contributed by atoms with E-state index < -0.39 is 52.7 Å². The quantitative estimate of drug-likeness (QED) is 0.0604. The molecule has 2 aliphatic heterocycles. The van der Waals surface area contributed by atoms with Crippen LogP contribution in [-0.2, 0) is 38.5 Å². The summed E-state index contributed by atoms with van der Waals surface area (Å²) in [6.45, 7) is 9.31. The number of morpholine rings is 1. The second kappa shape index (κ2) is 20.5. The number of halogens is 1. The molecule has 4 aromatic carbocycles. The maximum atomic E-state index is 13.6. The summed E-state index contributed by atoms with van der Waals surface area (Å²) in [6.07, 6.45) is -3.46. The van der Waals surface area contributed by atoms with Gasteiger partial charge < -0.3 is 49.8 Å². The molecule has 75 heavy (non-hydrogen) atoms. The van der Waals surface area contributed by atoms with E-state index in [1.807, 2.05) is 54.7 Å². The van der Waals surface area contributed by atoms with Crippen LogP contribution in [0.3, 0.4) is 0 Å². The molecule has 5 atom stereocenters. The maximum absolute atomic E-state index is 13.6. The fraction of sp³-hybridized carbons (Fsp3) is 0.294. The van der Waals surface area contributed by atoms with Gasteiger partial charge in [0.1, 0.15) is 23.1 Å². The van der Waals surface area contributed by atoms with Crippen molar-refractivity contribution in [2.45, 2.75) is 68.6 Å². The van der Waals surface area contributed by atoms with E-state index in [4.69, 9.17) is 35.7 Å². The number of rotatable bonds is 12. The molecule has 2 aliphatic rings. The third-order valence-electron chi connectivity index (χ3n) is 12.6. The summed E-state index contributed by atoms with van der Waals surface area (Å²) in [6, 6.07) is 29.2. The number of nitrogens with one attached hydrogen (secondary N) is 2. The fourth-order valence-electron chi connectivity index (χ4n) is 8.75. The van der Waals surface area contributed by atoms with Crippen LogP contribution in [0.25, 0.3) is 30.4 Å². The number of carboxylic acids is 2. The minimum Gasteiger partial charge on any atom is -0.479 e. The first-order chi connectivity index (χ1) is 35.9. The van der Waals surface area contributed by atoms with Crippen molar-refractivity contribution in [3.63, 3.8) is 0 Å². The molecule has 2 saturated heterocycles. The van der Waals surface area contributed by atoms with Crippen molar-refractivity contribution in [2.75, 3.05) is 31.6 Å². The number of carbonyl (C=O) groups excluding carboxylic acids is 1. The number of benzene rings is 4. The number of aliphatic carboxylic acids is 1. The summed E-state index contributed by atoms with van der Waals surface area (Å²) in [5, 5.41) is 61.2. The fourth-order valence-corrected chi connectivity index (χ4v) is 11.1. The van der Waals surface area contributed by atoms with Crippen molar-refractivity contribution in [2.24, 2.45) is 0 Å². The highest BCUT2D eigenvalue weighted by molar-refractivity contribution is 7.24. The highest BCUT2D eigenvalue weighted by Gasteiger charge is 2.68. The van der Waals surface area contributed by atoms with Crippen LogP contribution < -0.4 is 20.1 Å². The molecule has 7 heterocycles. The van der Waals surface area contributed by atoms with Gasteiger partial charge in [-0.25, -0.2) is 29.0 Å². The first-order valence-electron chi connectivity index (χ1n) is 23.5. The number of anilines is 1. The van der Waals surface area contributed by atoms with E-state index in [2.05, 4.69) is 35.0 Å². The third kappa shape index (κ3) is 10.1. The van der Waals surface area contributed by atoms with Gasteiger partial charge in [0.2, 0.25) is 23.2 Å². The molecule has 2 fully saturated rings. The van der Waals surface area contributed by atoms with E-state index in [1.54, 1.807) is 72.9 Å².